The van der Waals surface area contributed by atoms with E-state index in [2.05, 4.69) is 9.97 Å². The molecular formula is C14H10N2O2. The van der Waals surface area contributed by atoms with Crippen molar-refractivity contribution < 1.29 is 9.90 Å². The molecule has 2 heterocycles. The molecule has 0 bridgehead atoms. The number of aromatic nitrogens is 2. The Morgan fingerprint density at radius 1 is 1.22 bits per heavy atom. The van der Waals surface area contributed by atoms with Crippen molar-refractivity contribution in [2.45, 2.75) is 0 Å². The van der Waals surface area contributed by atoms with Gasteiger partial charge in [-0.25, -0.2) is 4.79 Å². The van der Waals surface area contributed by atoms with Crippen LogP contribution in [0.2, 0.25) is 0 Å². The number of fused-ring (bicyclic) bond motifs is 3. The van der Waals surface area contributed by atoms with Crippen molar-refractivity contribution in [3.05, 3.63) is 48.3 Å². The summed E-state index contributed by atoms with van der Waals surface area (Å²) >= 11 is 0. The molecular weight excluding hydrogens is 228 g/mol. The minimum Gasteiger partial charge on any atom is -0.478 e. The zero-order valence-corrected chi connectivity index (χ0v) is 9.42. The first-order valence-corrected chi connectivity index (χ1v) is 5.51. The molecule has 88 valence electrons. The van der Waals surface area contributed by atoms with Crippen LogP contribution in [0.25, 0.3) is 27.9 Å². The summed E-state index contributed by atoms with van der Waals surface area (Å²) in [7, 11) is 0. The fraction of sp³-hybridized carbons (Fsp3) is 0. The van der Waals surface area contributed by atoms with Crippen molar-refractivity contribution in [2.75, 3.05) is 0 Å². The number of pyridine rings is 1. The number of H-pyrrole nitrogens is 1. The summed E-state index contributed by atoms with van der Waals surface area (Å²) in [4.78, 5) is 17.9. The standard InChI is InChI=1S/C14H10N2O2/c17-14(18)6-5-9-7-11-10-3-1-2-4-12(10)16-13(11)8-15-9/h1-8,16H,(H,17,18). The summed E-state index contributed by atoms with van der Waals surface area (Å²) in [5, 5.41) is 10.8. The first-order chi connectivity index (χ1) is 8.74. The number of nitrogens with zero attached hydrogens (tertiary/aromatic N) is 1. The smallest absolute Gasteiger partial charge is 0.328 e. The second kappa shape index (κ2) is 4.00. The van der Waals surface area contributed by atoms with Crippen molar-refractivity contribution in [3.63, 3.8) is 0 Å². The summed E-state index contributed by atoms with van der Waals surface area (Å²) in [6.07, 6.45) is 4.30. The monoisotopic (exact) mass is 238 g/mol. The Balaban J connectivity index is 2.21. The second-order valence-electron chi connectivity index (χ2n) is 4.00. The van der Waals surface area contributed by atoms with Gasteiger partial charge in [0, 0.05) is 22.4 Å². The van der Waals surface area contributed by atoms with Gasteiger partial charge in [-0.1, -0.05) is 18.2 Å². The van der Waals surface area contributed by atoms with E-state index in [4.69, 9.17) is 5.11 Å². The Morgan fingerprint density at radius 2 is 2.06 bits per heavy atom. The summed E-state index contributed by atoms with van der Waals surface area (Å²) < 4.78 is 0. The van der Waals surface area contributed by atoms with Gasteiger partial charge in [0.1, 0.15) is 0 Å². The molecule has 0 saturated carbocycles. The molecule has 0 unspecified atom stereocenters. The molecule has 0 atom stereocenters. The zero-order valence-electron chi connectivity index (χ0n) is 9.42. The lowest BCUT2D eigenvalue weighted by Gasteiger charge is -1.93. The molecule has 2 aromatic heterocycles. The number of carbonyl (C=O) groups is 1. The lowest BCUT2D eigenvalue weighted by molar-refractivity contribution is -0.131. The molecule has 4 heteroatoms. The quantitative estimate of drug-likeness (QED) is 0.674. The average molecular weight is 238 g/mol. The van der Waals surface area contributed by atoms with Crippen LogP contribution in [0.15, 0.2) is 42.6 Å². The van der Waals surface area contributed by atoms with Crippen LogP contribution in [0.1, 0.15) is 5.69 Å². The molecule has 18 heavy (non-hydrogen) atoms. The summed E-state index contributed by atoms with van der Waals surface area (Å²) in [5.41, 5.74) is 2.63. The van der Waals surface area contributed by atoms with Crippen LogP contribution in [0.4, 0.5) is 0 Å². The maximum Gasteiger partial charge on any atom is 0.328 e. The topological polar surface area (TPSA) is 66.0 Å². The number of benzene rings is 1. The Morgan fingerprint density at radius 3 is 2.89 bits per heavy atom. The lowest BCUT2D eigenvalue weighted by Crippen LogP contribution is -1.87. The molecule has 0 aliphatic rings. The van der Waals surface area contributed by atoms with Gasteiger partial charge >= 0.3 is 5.97 Å². The van der Waals surface area contributed by atoms with Crippen LogP contribution in [-0.4, -0.2) is 21.0 Å². The fourth-order valence-corrected chi connectivity index (χ4v) is 2.01. The molecule has 3 aromatic rings. The summed E-state index contributed by atoms with van der Waals surface area (Å²) in [5.74, 6) is -0.976. The highest BCUT2D eigenvalue weighted by molar-refractivity contribution is 6.07. The Kier molecular flexibility index (Phi) is 2.34. The summed E-state index contributed by atoms with van der Waals surface area (Å²) in [6.45, 7) is 0. The van der Waals surface area contributed by atoms with Crippen LogP contribution in [-0.2, 0) is 4.79 Å². The number of carboxylic acid groups (broad SMARTS) is 1. The van der Waals surface area contributed by atoms with Crippen LogP contribution >= 0.6 is 0 Å². The molecule has 0 fully saturated rings. The highest BCUT2D eigenvalue weighted by Crippen LogP contribution is 2.25. The second-order valence-corrected chi connectivity index (χ2v) is 4.00. The molecule has 2 N–H and O–H groups in total. The number of nitrogens with one attached hydrogen (secondary N) is 1. The maximum absolute atomic E-state index is 10.5. The van der Waals surface area contributed by atoms with Crippen LogP contribution in [0.3, 0.4) is 0 Å². The van der Waals surface area contributed by atoms with E-state index >= 15 is 0 Å². The largest absolute Gasteiger partial charge is 0.478 e. The number of rotatable bonds is 2. The minimum atomic E-state index is -0.976. The number of para-hydroxylation sites is 1. The van der Waals surface area contributed by atoms with Crippen molar-refractivity contribution in [1.29, 1.82) is 0 Å². The minimum absolute atomic E-state index is 0.634. The van der Waals surface area contributed by atoms with Gasteiger partial charge in [-0.05, 0) is 18.2 Å². The molecule has 0 aliphatic heterocycles. The number of hydrogen-bond donors (Lipinski definition) is 2. The van der Waals surface area contributed by atoms with Gasteiger partial charge < -0.3 is 10.1 Å². The van der Waals surface area contributed by atoms with E-state index in [1.165, 1.54) is 6.08 Å². The average Bonchev–Trinajstić information content (AvgIpc) is 2.74. The molecule has 0 saturated heterocycles. The molecule has 1 aromatic carbocycles. The molecule has 0 spiro atoms. The van der Waals surface area contributed by atoms with Crippen LogP contribution in [0, 0.1) is 0 Å². The van der Waals surface area contributed by atoms with Crippen molar-refractivity contribution in [3.8, 4) is 0 Å². The number of carboxylic acids is 1. The SMILES string of the molecule is O=C(O)C=Cc1cc2c(cn1)[nH]c1ccccc12. The van der Waals surface area contributed by atoms with Crippen LogP contribution < -0.4 is 0 Å². The van der Waals surface area contributed by atoms with E-state index in [1.54, 1.807) is 6.20 Å². The lowest BCUT2D eigenvalue weighted by atomic mass is 10.1. The summed E-state index contributed by atoms with van der Waals surface area (Å²) in [6, 6.07) is 9.85. The number of aromatic amines is 1. The molecule has 0 amide bonds. The van der Waals surface area contributed by atoms with Crippen LogP contribution in [0.5, 0.6) is 0 Å². The highest BCUT2D eigenvalue weighted by Gasteiger charge is 2.04. The Hall–Kier alpha value is -2.62. The van der Waals surface area contributed by atoms with E-state index in [0.717, 1.165) is 27.9 Å². The van der Waals surface area contributed by atoms with Crippen molar-refractivity contribution in [2.24, 2.45) is 0 Å². The third kappa shape index (κ3) is 1.73. The third-order valence-corrected chi connectivity index (χ3v) is 2.81. The van der Waals surface area contributed by atoms with E-state index in [1.807, 2.05) is 30.3 Å². The zero-order chi connectivity index (χ0) is 12.5. The fourth-order valence-electron chi connectivity index (χ4n) is 2.01. The van der Waals surface area contributed by atoms with Crippen molar-refractivity contribution in [1.82, 2.24) is 9.97 Å². The number of hydrogen-bond acceptors (Lipinski definition) is 2. The van der Waals surface area contributed by atoms with Gasteiger partial charge in [-0.3, -0.25) is 4.98 Å². The van der Waals surface area contributed by atoms with E-state index in [-0.39, 0.29) is 0 Å². The van der Waals surface area contributed by atoms with E-state index in [9.17, 15) is 4.79 Å². The van der Waals surface area contributed by atoms with Gasteiger partial charge in [0.2, 0.25) is 0 Å². The molecule has 4 nitrogen and oxygen atoms in total. The first-order valence-electron chi connectivity index (χ1n) is 5.51. The molecule has 3 rings (SSSR count). The van der Waals surface area contributed by atoms with Crippen molar-refractivity contribution >= 4 is 33.9 Å². The normalized spacial score (nSPS) is 11.6. The predicted molar refractivity (Wildman–Crippen MR) is 70.3 cm³/mol. The van der Waals surface area contributed by atoms with E-state index < -0.39 is 5.97 Å². The van der Waals surface area contributed by atoms with Gasteiger partial charge in [-0.2, -0.15) is 0 Å². The Labute approximate surface area is 103 Å². The first kappa shape index (κ1) is 10.5. The maximum atomic E-state index is 10.5. The predicted octanol–water partition coefficient (Wildman–Crippen LogP) is 2.81. The number of aliphatic carboxylic acids is 1. The van der Waals surface area contributed by atoms with Gasteiger partial charge in [0.25, 0.3) is 0 Å². The Bertz CT molecular complexity index is 772. The van der Waals surface area contributed by atoms with Gasteiger partial charge in [0.05, 0.1) is 17.4 Å². The van der Waals surface area contributed by atoms with Gasteiger partial charge in [0.15, 0.2) is 0 Å². The van der Waals surface area contributed by atoms with Gasteiger partial charge in [-0.15, -0.1) is 0 Å². The van der Waals surface area contributed by atoms with E-state index in [0.29, 0.717) is 5.69 Å². The molecule has 0 aliphatic carbocycles. The highest BCUT2D eigenvalue weighted by atomic mass is 16.4. The third-order valence-electron chi connectivity index (χ3n) is 2.81. The molecule has 0 radical (unpaired) electrons.